The minimum atomic E-state index is -0.222. The van der Waals surface area contributed by atoms with Crippen molar-refractivity contribution in [3.8, 4) is 6.07 Å². The van der Waals surface area contributed by atoms with E-state index >= 15 is 0 Å². The molecule has 0 unspecified atom stereocenters. The van der Waals surface area contributed by atoms with Gasteiger partial charge >= 0.3 is 12.1 Å². The van der Waals surface area contributed by atoms with Crippen LogP contribution >= 0.6 is 0 Å². The van der Waals surface area contributed by atoms with Gasteiger partial charge in [-0.1, -0.05) is 36.4 Å². The molecule has 4 amide bonds. The van der Waals surface area contributed by atoms with Crippen LogP contribution in [0.5, 0.6) is 0 Å². The number of nitrogens with one attached hydrogen (secondary N) is 1. The third-order valence-corrected chi connectivity index (χ3v) is 4.67. The Bertz CT molecular complexity index is 870. The zero-order chi connectivity index (χ0) is 19.9. The molecule has 0 radical (unpaired) electrons. The number of rotatable bonds is 3. The second-order valence-electron chi connectivity index (χ2n) is 6.72. The van der Waals surface area contributed by atoms with Gasteiger partial charge in [0.25, 0.3) is 0 Å². The third kappa shape index (κ3) is 4.80. The van der Waals surface area contributed by atoms with Gasteiger partial charge in [0.1, 0.15) is 0 Å². The molecule has 7 heteroatoms. The molecule has 144 valence electrons. The van der Waals surface area contributed by atoms with E-state index in [2.05, 4.69) is 11.4 Å². The molecular weight excluding hydrogens is 354 g/mol. The van der Waals surface area contributed by atoms with E-state index in [4.69, 9.17) is 5.26 Å². The summed E-state index contributed by atoms with van der Waals surface area (Å²) in [6.07, 6.45) is 0. The highest BCUT2D eigenvalue weighted by Crippen LogP contribution is 2.13. The average Bonchev–Trinajstić information content (AvgIpc) is 2.74. The number of urea groups is 2. The molecule has 0 atom stereocenters. The van der Waals surface area contributed by atoms with Crippen LogP contribution in [0.25, 0.3) is 0 Å². The second kappa shape index (κ2) is 8.91. The lowest BCUT2D eigenvalue weighted by molar-refractivity contribution is 0.127. The fraction of sp³-hybridized carbons (Fsp3) is 0.286. The highest BCUT2D eigenvalue weighted by atomic mass is 16.2. The molecule has 0 bridgehead atoms. The first-order chi connectivity index (χ1) is 13.6. The van der Waals surface area contributed by atoms with Crippen LogP contribution in [0.2, 0.25) is 0 Å². The summed E-state index contributed by atoms with van der Waals surface area (Å²) in [5.41, 5.74) is 2.16. The van der Waals surface area contributed by atoms with Gasteiger partial charge in [-0.25, -0.2) is 9.59 Å². The maximum Gasteiger partial charge on any atom is 0.321 e. The molecule has 2 aromatic rings. The van der Waals surface area contributed by atoms with Gasteiger partial charge in [0.15, 0.2) is 0 Å². The Labute approximate surface area is 164 Å². The van der Waals surface area contributed by atoms with Crippen molar-refractivity contribution in [2.75, 3.05) is 38.5 Å². The first kappa shape index (κ1) is 19.2. The average molecular weight is 377 g/mol. The van der Waals surface area contributed by atoms with Crippen molar-refractivity contribution in [3.63, 3.8) is 0 Å². The summed E-state index contributed by atoms with van der Waals surface area (Å²) in [7, 11) is 1.79. The maximum atomic E-state index is 12.6. The zero-order valence-corrected chi connectivity index (χ0v) is 15.8. The van der Waals surface area contributed by atoms with Crippen molar-refractivity contribution in [2.24, 2.45) is 0 Å². The summed E-state index contributed by atoms with van der Waals surface area (Å²) >= 11 is 0. The molecular formula is C21H23N5O2. The van der Waals surface area contributed by atoms with Gasteiger partial charge in [0.2, 0.25) is 0 Å². The van der Waals surface area contributed by atoms with Gasteiger partial charge < -0.3 is 20.0 Å². The van der Waals surface area contributed by atoms with E-state index < -0.39 is 0 Å². The minimum absolute atomic E-state index is 0.0365. The predicted octanol–water partition coefficient (Wildman–Crippen LogP) is 2.96. The molecule has 1 saturated heterocycles. The Kier molecular flexibility index (Phi) is 6.12. The Hall–Kier alpha value is -3.53. The molecule has 1 aliphatic rings. The van der Waals surface area contributed by atoms with Crippen molar-refractivity contribution in [1.29, 1.82) is 5.26 Å². The standard InChI is InChI=1S/C21H23N5O2/c1-24(16-17-6-3-2-4-7-17)21(28)26-12-10-25(11-13-26)20(27)23-19-9-5-8-18(14-19)15-22/h2-9,14H,10-13,16H2,1H3,(H,23,27). The van der Waals surface area contributed by atoms with Gasteiger partial charge in [-0.3, -0.25) is 0 Å². The normalized spacial score (nSPS) is 13.6. The smallest absolute Gasteiger partial charge is 0.321 e. The van der Waals surface area contributed by atoms with Crippen molar-refractivity contribution in [2.45, 2.75) is 6.54 Å². The number of amides is 4. The molecule has 2 aromatic carbocycles. The van der Waals surface area contributed by atoms with Crippen LogP contribution in [0.1, 0.15) is 11.1 Å². The first-order valence-electron chi connectivity index (χ1n) is 9.17. The second-order valence-corrected chi connectivity index (χ2v) is 6.72. The summed E-state index contributed by atoms with van der Waals surface area (Å²) < 4.78 is 0. The first-order valence-corrected chi connectivity index (χ1v) is 9.17. The Morgan fingerprint density at radius 2 is 1.71 bits per heavy atom. The van der Waals surface area contributed by atoms with Crippen LogP contribution < -0.4 is 5.32 Å². The van der Waals surface area contributed by atoms with Gasteiger partial charge in [-0.2, -0.15) is 5.26 Å². The Balaban J connectivity index is 1.50. The molecule has 1 aliphatic heterocycles. The monoisotopic (exact) mass is 377 g/mol. The summed E-state index contributed by atoms with van der Waals surface area (Å²) in [5.74, 6) is 0. The van der Waals surface area contributed by atoms with Gasteiger partial charge in [-0.05, 0) is 23.8 Å². The van der Waals surface area contributed by atoms with Gasteiger partial charge in [0, 0.05) is 45.5 Å². The summed E-state index contributed by atoms with van der Waals surface area (Å²) in [4.78, 5) is 30.2. The maximum absolute atomic E-state index is 12.6. The quantitative estimate of drug-likeness (QED) is 0.893. The number of piperazine rings is 1. The largest absolute Gasteiger partial charge is 0.323 e. The number of hydrogen-bond acceptors (Lipinski definition) is 3. The van der Waals surface area contributed by atoms with Gasteiger partial charge in [0.05, 0.1) is 11.6 Å². The van der Waals surface area contributed by atoms with Crippen LogP contribution in [0.3, 0.4) is 0 Å². The lowest BCUT2D eigenvalue weighted by Gasteiger charge is -2.36. The summed E-state index contributed by atoms with van der Waals surface area (Å²) in [6.45, 7) is 2.46. The molecule has 1 heterocycles. The van der Waals surface area contributed by atoms with Crippen LogP contribution in [0.15, 0.2) is 54.6 Å². The predicted molar refractivity (Wildman–Crippen MR) is 107 cm³/mol. The fourth-order valence-corrected chi connectivity index (χ4v) is 3.14. The lowest BCUT2D eigenvalue weighted by atomic mass is 10.2. The topological polar surface area (TPSA) is 79.7 Å². The van der Waals surface area contributed by atoms with E-state index in [9.17, 15) is 9.59 Å². The zero-order valence-electron chi connectivity index (χ0n) is 15.8. The number of benzene rings is 2. The minimum Gasteiger partial charge on any atom is -0.323 e. The van der Waals surface area contributed by atoms with Crippen molar-refractivity contribution < 1.29 is 9.59 Å². The van der Waals surface area contributed by atoms with E-state index in [1.807, 2.05) is 30.3 Å². The number of carbonyl (C=O) groups excluding carboxylic acids is 2. The molecule has 0 spiro atoms. The number of hydrogen-bond donors (Lipinski definition) is 1. The number of carbonyl (C=O) groups is 2. The summed E-state index contributed by atoms with van der Waals surface area (Å²) in [5, 5.41) is 11.8. The van der Waals surface area contributed by atoms with Crippen LogP contribution in [-0.4, -0.2) is 60.0 Å². The van der Waals surface area contributed by atoms with Crippen molar-refractivity contribution in [1.82, 2.24) is 14.7 Å². The molecule has 0 aliphatic carbocycles. The van der Waals surface area contributed by atoms with Crippen LogP contribution in [-0.2, 0) is 6.54 Å². The highest BCUT2D eigenvalue weighted by molar-refractivity contribution is 5.89. The molecule has 28 heavy (non-hydrogen) atoms. The summed E-state index contributed by atoms with van der Waals surface area (Å²) in [6, 6.07) is 18.4. The van der Waals surface area contributed by atoms with Crippen LogP contribution in [0, 0.1) is 11.3 Å². The highest BCUT2D eigenvalue weighted by Gasteiger charge is 2.26. The van der Waals surface area contributed by atoms with E-state index in [1.54, 1.807) is 46.0 Å². The lowest BCUT2D eigenvalue weighted by Crippen LogP contribution is -2.54. The third-order valence-electron chi connectivity index (χ3n) is 4.67. The Morgan fingerprint density at radius 3 is 2.39 bits per heavy atom. The van der Waals surface area contributed by atoms with Crippen LogP contribution in [0.4, 0.5) is 15.3 Å². The van der Waals surface area contributed by atoms with E-state index in [-0.39, 0.29) is 12.1 Å². The van der Waals surface area contributed by atoms with E-state index in [0.717, 1.165) is 5.56 Å². The van der Waals surface area contributed by atoms with Crippen molar-refractivity contribution in [3.05, 3.63) is 65.7 Å². The van der Waals surface area contributed by atoms with E-state index in [0.29, 0.717) is 44.0 Å². The molecule has 7 nitrogen and oxygen atoms in total. The Morgan fingerprint density at radius 1 is 1.04 bits per heavy atom. The fourth-order valence-electron chi connectivity index (χ4n) is 3.14. The number of nitriles is 1. The number of nitrogens with zero attached hydrogens (tertiary/aromatic N) is 4. The van der Waals surface area contributed by atoms with Gasteiger partial charge in [-0.15, -0.1) is 0 Å². The molecule has 0 aromatic heterocycles. The molecule has 1 fully saturated rings. The SMILES string of the molecule is CN(Cc1ccccc1)C(=O)N1CCN(C(=O)Nc2cccc(C#N)c2)CC1. The number of anilines is 1. The molecule has 0 saturated carbocycles. The van der Waals surface area contributed by atoms with Crippen molar-refractivity contribution >= 4 is 17.7 Å². The molecule has 3 rings (SSSR count). The van der Waals surface area contributed by atoms with E-state index in [1.165, 1.54) is 0 Å². The molecule has 1 N–H and O–H groups in total.